The van der Waals surface area contributed by atoms with Crippen LogP contribution in [0.1, 0.15) is 27.7 Å². The van der Waals surface area contributed by atoms with Crippen molar-refractivity contribution in [2.75, 3.05) is 30.3 Å². The van der Waals surface area contributed by atoms with E-state index in [1.54, 1.807) is 6.07 Å². The molecule has 0 aliphatic rings. The highest BCUT2D eigenvalue weighted by molar-refractivity contribution is 5.81. The molecule has 0 saturated carbocycles. The lowest BCUT2D eigenvalue weighted by atomic mass is 10.2. The molecule has 0 atom stereocenters. The molecule has 0 saturated heterocycles. The Labute approximate surface area is 121 Å². The summed E-state index contributed by atoms with van der Waals surface area (Å²) in [7, 11) is 0. The van der Waals surface area contributed by atoms with Gasteiger partial charge in [-0.05, 0) is 33.8 Å². The van der Waals surface area contributed by atoms with Crippen LogP contribution in [0.5, 0.6) is 5.75 Å². The first-order valence-corrected chi connectivity index (χ1v) is 7.05. The van der Waals surface area contributed by atoms with Gasteiger partial charge in [0, 0.05) is 36.6 Å². The molecule has 0 bridgehead atoms. The minimum atomic E-state index is 0.00287. The zero-order valence-corrected chi connectivity index (χ0v) is 12.8. The molecule has 0 radical (unpaired) electrons. The molecule has 1 amide bonds. The summed E-state index contributed by atoms with van der Waals surface area (Å²) in [6.45, 7) is 9.52. The van der Waals surface area contributed by atoms with Crippen molar-refractivity contribution in [2.24, 2.45) is 0 Å². The predicted molar refractivity (Wildman–Crippen MR) is 83.2 cm³/mol. The van der Waals surface area contributed by atoms with E-state index in [1.807, 2.05) is 44.7 Å². The summed E-state index contributed by atoms with van der Waals surface area (Å²) in [4.78, 5) is 13.7. The SMILES string of the molecule is CCNC(=O)CN(CC)c1cc(N)cc(OC(C)C)c1. The number of benzene rings is 1. The molecule has 0 heterocycles. The fourth-order valence-corrected chi connectivity index (χ4v) is 1.94. The van der Waals surface area contributed by atoms with Gasteiger partial charge in [0.25, 0.3) is 0 Å². The fourth-order valence-electron chi connectivity index (χ4n) is 1.94. The zero-order chi connectivity index (χ0) is 15.1. The number of likely N-dealkylation sites (N-methyl/N-ethyl adjacent to an activating group) is 2. The van der Waals surface area contributed by atoms with Crippen LogP contribution in [-0.2, 0) is 4.79 Å². The predicted octanol–water partition coefficient (Wildman–Crippen LogP) is 2.02. The number of hydrogen-bond donors (Lipinski definition) is 2. The normalized spacial score (nSPS) is 10.4. The van der Waals surface area contributed by atoms with Crippen LogP contribution in [0.2, 0.25) is 0 Å². The third kappa shape index (κ3) is 4.99. The number of nitrogen functional groups attached to an aromatic ring is 1. The van der Waals surface area contributed by atoms with Crippen molar-refractivity contribution in [1.82, 2.24) is 5.32 Å². The molecule has 1 rings (SSSR count). The summed E-state index contributed by atoms with van der Waals surface area (Å²) in [5.41, 5.74) is 7.44. The van der Waals surface area contributed by atoms with Crippen LogP contribution >= 0.6 is 0 Å². The highest BCUT2D eigenvalue weighted by Crippen LogP contribution is 2.26. The molecule has 1 aromatic rings. The van der Waals surface area contributed by atoms with Crippen LogP contribution in [0.15, 0.2) is 18.2 Å². The van der Waals surface area contributed by atoms with Crippen molar-refractivity contribution in [2.45, 2.75) is 33.8 Å². The van der Waals surface area contributed by atoms with Crippen molar-refractivity contribution < 1.29 is 9.53 Å². The summed E-state index contributed by atoms with van der Waals surface area (Å²) in [6.07, 6.45) is 0.0862. The lowest BCUT2D eigenvalue weighted by molar-refractivity contribution is -0.119. The van der Waals surface area contributed by atoms with Crippen molar-refractivity contribution in [3.8, 4) is 5.75 Å². The van der Waals surface area contributed by atoms with E-state index < -0.39 is 0 Å². The van der Waals surface area contributed by atoms with Crippen LogP contribution in [0.25, 0.3) is 0 Å². The molecule has 1 aromatic carbocycles. The second kappa shape index (κ2) is 7.62. The van der Waals surface area contributed by atoms with Crippen LogP contribution in [0.4, 0.5) is 11.4 Å². The smallest absolute Gasteiger partial charge is 0.239 e. The maximum absolute atomic E-state index is 11.7. The minimum Gasteiger partial charge on any atom is -0.491 e. The largest absolute Gasteiger partial charge is 0.491 e. The molecular weight excluding hydrogens is 254 g/mol. The quantitative estimate of drug-likeness (QED) is 0.749. The van der Waals surface area contributed by atoms with E-state index in [2.05, 4.69) is 5.32 Å². The van der Waals surface area contributed by atoms with Gasteiger partial charge in [-0.2, -0.15) is 0 Å². The van der Waals surface area contributed by atoms with Gasteiger partial charge >= 0.3 is 0 Å². The summed E-state index contributed by atoms with van der Waals surface area (Å²) in [6, 6.07) is 5.57. The standard InChI is InChI=1S/C15H25N3O2/c1-5-17-15(19)10-18(6-2)13-7-12(16)8-14(9-13)20-11(3)4/h7-9,11H,5-6,10,16H2,1-4H3,(H,17,19). The van der Waals surface area contributed by atoms with E-state index in [-0.39, 0.29) is 12.0 Å². The monoisotopic (exact) mass is 279 g/mol. The van der Waals surface area contributed by atoms with Gasteiger partial charge in [-0.15, -0.1) is 0 Å². The van der Waals surface area contributed by atoms with E-state index in [0.29, 0.717) is 18.8 Å². The van der Waals surface area contributed by atoms with Crippen LogP contribution in [0.3, 0.4) is 0 Å². The van der Waals surface area contributed by atoms with Crippen molar-refractivity contribution >= 4 is 17.3 Å². The van der Waals surface area contributed by atoms with E-state index >= 15 is 0 Å². The molecule has 0 spiro atoms. The highest BCUT2D eigenvalue weighted by Gasteiger charge is 2.11. The topological polar surface area (TPSA) is 67.6 Å². The van der Waals surface area contributed by atoms with Crippen LogP contribution in [0, 0.1) is 0 Å². The number of carbonyl (C=O) groups excluding carboxylic acids is 1. The van der Waals surface area contributed by atoms with Gasteiger partial charge in [-0.1, -0.05) is 0 Å². The number of nitrogens with two attached hydrogens (primary N) is 1. The number of nitrogens with zero attached hydrogens (tertiary/aromatic N) is 1. The van der Waals surface area contributed by atoms with Gasteiger partial charge in [0.2, 0.25) is 5.91 Å². The Kier molecular flexibility index (Phi) is 6.15. The Bertz CT molecular complexity index is 447. The average molecular weight is 279 g/mol. The Morgan fingerprint density at radius 3 is 2.60 bits per heavy atom. The summed E-state index contributed by atoms with van der Waals surface area (Å²) >= 11 is 0. The molecule has 112 valence electrons. The maximum Gasteiger partial charge on any atom is 0.239 e. The lowest BCUT2D eigenvalue weighted by Crippen LogP contribution is -2.37. The molecule has 20 heavy (non-hydrogen) atoms. The maximum atomic E-state index is 11.7. The first-order valence-electron chi connectivity index (χ1n) is 7.05. The number of nitrogens with one attached hydrogen (secondary N) is 1. The fraction of sp³-hybridized carbons (Fsp3) is 0.533. The number of hydrogen-bond acceptors (Lipinski definition) is 4. The Hall–Kier alpha value is -1.91. The number of amides is 1. The van der Waals surface area contributed by atoms with Gasteiger partial charge in [-0.3, -0.25) is 4.79 Å². The van der Waals surface area contributed by atoms with Crippen molar-refractivity contribution in [1.29, 1.82) is 0 Å². The number of carbonyl (C=O) groups is 1. The molecule has 0 aliphatic heterocycles. The number of rotatable bonds is 7. The highest BCUT2D eigenvalue weighted by atomic mass is 16.5. The zero-order valence-electron chi connectivity index (χ0n) is 12.8. The van der Waals surface area contributed by atoms with Crippen molar-refractivity contribution in [3.05, 3.63) is 18.2 Å². The third-order valence-corrected chi connectivity index (χ3v) is 2.74. The molecule has 0 aromatic heterocycles. The molecule has 0 fully saturated rings. The van der Waals surface area contributed by atoms with Gasteiger partial charge in [0.05, 0.1) is 12.6 Å². The molecule has 5 heteroatoms. The van der Waals surface area contributed by atoms with Gasteiger partial charge in [-0.25, -0.2) is 0 Å². The van der Waals surface area contributed by atoms with Gasteiger partial charge < -0.3 is 20.7 Å². The molecule has 0 aliphatic carbocycles. The molecular formula is C15H25N3O2. The molecule has 0 unspecified atom stereocenters. The second-order valence-electron chi connectivity index (χ2n) is 4.89. The summed E-state index contributed by atoms with van der Waals surface area (Å²) < 4.78 is 5.68. The molecule has 5 nitrogen and oxygen atoms in total. The van der Waals surface area contributed by atoms with E-state index in [0.717, 1.165) is 18.0 Å². The lowest BCUT2D eigenvalue weighted by Gasteiger charge is -2.24. The minimum absolute atomic E-state index is 0.00287. The summed E-state index contributed by atoms with van der Waals surface area (Å²) in [5, 5.41) is 2.80. The van der Waals surface area contributed by atoms with E-state index in [4.69, 9.17) is 10.5 Å². The average Bonchev–Trinajstić information content (AvgIpc) is 2.34. The number of ether oxygens (including phenoxy) is 1. The van der Waals surface area contributed by atoms with Crippen molar-refractivity contribution in [3.63, 3.8) is 0 Å². The van der Waals surface area contributed by atoms with Crippen LogP contribution in [-0.4, -0.2) is 31.6 Å². The summed E-state index contributed by atoms with van der Waals surface area (Å²) in [5.74, 6) is 0.729. The van der Waals surface area contributed by atoms with Crippen LogP contribution < -0.4 is 20.7 Å². The third-order valence-electron chi connectivity index (χ3n) is 2.74. The van der Waals surface area contributed by atoms with E-state index in [9.17, 15) is 4.79 Å². The Morgan fingerprint density at radius 1 is 1.35 bits per heavy atom. The van der Waals surface area contributed by atoms with E-state index in [1.165, 1.54) is 0 Å². The Morgan fingerprint density at radius 2 is 2.05 bits per heavy atom. The van der Waals surface area contributed by atoms with Gasteiger partial charge in [0.1, 0.15) is 5.75 Å². The van der Waals surface area contributed by atoms with Gasteiger partial charge in [0.15, 0.2) is 0 Å². The Balaban J connectivity index is 2.91. The second-order valence-corrected chi connectivity index (χ2v) is 4.89. The molecule has 3 N–H and O–H groups in total. The first-order chi connectivity index (χ1) is 9.46. The number of anilines is 2. The first kappa shape index (κ1) is 16.1.